The number of hydrogen-bond acceptors (Lipinski definition) is 3. The van der Waals surface area contributed by atoms with Gasteiger partial charge in [0.1, 0.15) is 6.10 Å². The van der Waals surface area contributed by atoms with Crippen molar-refractivity contribution in [2.75, 3.05) is 0 Å². The van der Waals surface area contributed by atoms with Crippen LogP contribution in [0.15, 0.2) is 11.6 Å². The maximum absolute atomic E-state index is 12.1. The van der Waals surface area contributed by atoms with Gasteiger partial charge in [0, 0.05) is 13.3 Å². The van der Waals surface area contributed by atoms with E-state index in [1.165, 1.54) is 26.2 Å². The van der Waals surface area contributed by atoms with E-state index >= 15 is 0 Å². The van der Waals surface area contributed by atoms with E-state index < -0.39 is 0 Å². The third-order valence-corrected chi connectivity index (χ3v) is 9.18. The lowest BCUT2D eigenvalue weighted by atomic mass is 9.46. The predicted octanol–water partition coefficient (Wildman–Crippen LogP) is 4.76. The van der Waals surface area contributed by atoms with Crippen molar-refractivity contribution < 1.29 is 19.1 Å². The number of rotatable bonds is 4. The van der Waals surface area contributed by atoms with Crippen LogP contribution in [0.2, 0.25) is 0 Å². The van der Waals surface area contributed by atoms with Crippen LogP contribution in [-0.2, 0) is 14.3 Å². The normalized spacial score (nSPS) is 43.1. The van der Waals surface area contributed by atoms with Gasteiger partial charge in [-0.2, -0.15) is 4.79 Å². The lowest BCUT2D eigenvalue weighted by Crippen LogP contribution is -2.52. The number of nitrogens with zero attached hydrogens (tertiary/aromatic N) is 2. The van der Waals surface area contributed by atoms with Gasteiger partial charge in [-0.05, 0) is 85.9 Å². The Bertz CT molecular complexity index is 783. The molecular formula is C24H34N2O3. The molecule has 0 radical (unpaired) electrons. The minimum Gasteiger partial charge on any atom is -0.463 e. The average molecular weight is 399 g/mol. The van der Waals surface area contributed by atoms with Gasteiger partial charge < -0.3 is 10.3 Å². The van der Waals surface area contributed by atoms with Crippen molar-refractivity contribution in [3.8, 4) is 0 Å². The summed E-state index contributed by atoms with van der Waals surface area (Å²) in [4.78, 5) is 26.4. The first-order valence-corrected chi connectivity index (χ1v) is 11.4. The molecule has 0 heterocycles. The Morgan fingerprint density at radius 3 is 2.76 bits per heavy atom. The van der Waals surface area contributed by atoms with Crippen LogP contribution < -0.4 is 0 Å². The Morgan fingerprint density at radius 1 is 1.24 bits per heavy atom. The molecule has 4 aliphatic rings. The molecule has 5 heteroatoms. The summed E-state index contributed by atoms with van der Waals surface area (Å²) in [5.41, 5.74) is 10.7. The van der Waals surface area contributed by atoms with Crippen molar-refractivity contribution in [1.82, 2.24) is 0 Å². The molecule has 0 aromatic carbocycles. The molecule has 4 rings (SSSR count). The molecule has 3 fully saturated rings. The number of ether oxygens (including phenoxy) is 1. The second kappa shape index (κ2) is 7.50. The number of carbonyl (C=O) groups excluding carboxylic acids is 2. The topological polar surface area (TPSA) is 79.8 Å². The van der Waals surface area contributed by atoms with Crippen molar-refractivity contribution in [2.45, 2.75) is 84.7 Å². The maximum Gasteiger partial charge on any atom is 0.323 e. The number of hydrogen-bond donors (Lipinski definition) is 0. The quantitative estimate of drug-likeness (QED) is 0.225. The standard InChI is InChI=1S/C24H34N2O3/c1-15(27)29-19-8-10-23(2)17(13-19)4-6-20-21-7-5-16(12-18(28)14-26-25)24(21,3)11-9-22(20)23/h7,14,16-17,19-20,22H,4-6,8-13H2,1-3H3/t16-,17-,19+,20+,22+,23+,24-/m1/s1. The van der Waals surface area contributed by atoms with Crippen molar-refractivity contribution >= 4 is 18.0 Å². The highest BCUT2D eigenvalue weighted by Crippen LogP contribution is 2.66. The molecular weight excluding hydrogens is 364 g/mol. The van der Waals surface area contributed by atoms with Crippen LogP contribution in [0.1, 0.15) is 78.6 Å². The van der Waals surface area contributed by atoms with Gasteiger partial charge in [0.15, 0.2) is 0 Å². The Labute approximate surface area is 173 Å². The van der Waals surface area contributed by atoms with E-state index in [2.05, 4.69) is 24.7 Å². The van der Waals surface area contributed by atoms with Crippen LogP contribution in [0.3, 0.4) is 0 Å². The molecule has 158 valence electrons. The molecule has 7 atom stereocenters. The molecule has 0 saturated heterocycles. The van der Waals surface area contributed by atoms with Crippen molar-refractivity contribution in [1.29, 1.82) is 0 Å². The summed E-state index contributed by atoms with van der Waals surface area (Å²) in [6.45, 7) is 6.38. The Kier molecular flexibility index (Phi) is 5.31. The molecule has 0 aromatic rings. The largest absolute Gasteiger partial charge is 0.463 e. The zero-order chi connectivity index (χ0) is 20.8. The van der Waals surface area contributed by atoms with E-state index in [0.29, 0.717) is 35.5 Å². The number of fused-ring (bicyclic) bond motifs is 5. The number of carbonyl (C=O) groups is 2. The number of allylic oxidation sites excluding steroid dienone is 2. The maximum atomic E-state index is 12.1. The SMILES string of the molecule is CC(=O)O[C@H]1CC[C@@]2(C)[C@H](CC[C@H]3C4=CC[C@H](CC(=O)C=[N+]=[N-])[C@@]4(C)CC[C@@H]32)C1. The van der Waals surface area contributed by atoms with Gasteiger partial charge >= 0.3 is 12.2 Å². The number of ketones is 1. The van der Waals surface area contributed by atoms with Gasteiger partial charge in [0.2, 0.25) is 5.78 Å². The summed E-state index contributed by atoms with van der Waals surface area (Å²) in [6.07, 6.45) is 13.0. The Morgan fingerprint density at radius 2 is 2.03 bits per heavy atom. The summed E-state index contributed by atoms with van der Waals surface area (Å²) >= 11 is 0. The van der Waals surface area contributed by atoms with Crippen molar-refractivity contribution in [3.05, 3.63) is 17.2 Å². The molecule has 0 aromatic heterocycles. The highest BCUT2D eigenvalue weighted by Gasteiger charge is 2.57. The molecule has 29 heavy (non-hydrogen) atoms. The molecule has 3 saturated carbocycles. The molecule has 0 spiro atoms. The van der Waals surface area contributed by atoms with E-state index in [9.17, 15) is 9.59 Å². The van der Waals surface area contributed by atoms with Crippen LogP contribution in [-0.4, -0.2) is 28.9 Å². The molecule has 0 unspecified atom stereocenters. The zero-order valence-corrected chi connectivity index (χ0v) is 18.0. The second-order valence-electron chi connectivity index (χ2n) is 10.5. The van der Waals surface area contributed by atoms with E-state index in [1.54, 1.807) is 5.57 Å². The van der Waals surface area contributed by atoms with E-state index in [1.807, 2.05) is 0 Å². The second-order valence-corrected chi connectivity index (χ2v) is 10.5. The third kappa shape index (κ3) is 3.42. The van der Waals surface area contributed by atoms with Crippen molar-refractivity contribution in [2.24, 2.45) is 34.5 Å². The Balaban J connectivity index is 1.50. The zero-order valence-electron chi connectivity index (χ0n) is 18.0. The van der Waals surface area contributed by atoms with Gasteiger partial charge in [0.05, 0.1) is 0 Å². The van der Waals surface area contributed by atoms with Crippen LogP contribution in [0.25, 0.3) is 5.53 Å². The number of Topliss-reactive ketones (excluding diaryl/α,β-unsaturated/α-hetero) is 1. The fourth-order valence-electron chi connectivity index (χ4n) is 7.65. The minimum absolute atomic E-state index is 0.0741. The molecule has 0 N–H and O–H groups in total. The lowest BCUT2D eigenvalue weighted by Gasteiger charge is -2.59. The lowest BCUT2D eigenvalue weighted by molar-refractivity contribution is -0.155. The van der Waals surface area contributed by atoms with Gasteiger partial charge in [-0.15, -0.1) is 0 Å². The molecule has 0 aliphatic heterocycles. The molecule has 5 nitrogen and oxygen atoms in total. The van der Waals surface area contributed by atoms with E-state index in [-0.39, 0.29) is 23.3 Å². The molecule has 4 aliphatic carbocycles. The predicted molar refractivity (Wildman–Crippen MR) is 110 cm³/mol. The summed E-state index contributed by atoms with van der Waals surface area (Å²) in [5, 5.41) is 0. The van der Waals surface area contributed by atoms with Crippen LogP contribution >= 0.6 is 0 Å². The smallest absolute Gasteiger partial charge is 0.323 e. The van der Waals surface area contributed by atoms with Gasteiger partial charge in [-0.1, -0.05) is 25.5 Å². The Hall–Kier alpha value is -1.74. The fourth-order valence-corrected chi connectivity index (χ4v) is 7.65. The van der Waals surface area contributed by atoms with E-state index in [0.717, 1.165) is 38.3 Å². The summed E-state index contributed by atoms with van der Waals surface area (Å²) in [7, 11) is 0. The monoisotopic (exact) mass is 398 g/mol. The minimum atomic E-state index is -0.149. The first-order valence-electron chi connectivity index (χ1n) is 11.4. The van der Waals surface area contributed by atoms with E-state index in [4.69, 9.17) is 10.3 Å². The summed E-state index contributed by atoms with van der Waals surface area (Å²) < 4.78 is 5.57. The highest BCUT2D eigenvalue weighted by atomic mass is 16.5. The highest BCUT2D eigenvalue weighted by molar-refractivity contribution is 6.25. The summed E-state index contributed by atoms with van der Waals surface area (Å²) in [6, 6.07) is 0. The number of esters is 1. The molecule has 0 bridgehead atoms. The summed E-state index contributed by atoms with van der Waals surface area (Å²) in [5.74, 6) is 2.08. The third-order valence-electron chi connectivity index (χ3n) is 9.18. The first-order chi connectivity index (χ1) is 13.8. The van der Waals surface area contributed by atoms with Crippen LogP contribution in [0, 0.1) is 34.5 Å². The molecule has 0 amide bonds. The van der Waals surface area contributed by atoms with Gasteiger partial charge in [0.25, 0.3) is 0 Å². The van der Waals surface area contributed by atoms with Gasteiger partial charge in [-0.3, -0.25) is 9.59 Å². The van der Waals surface area contributed by atoms with Crippen LogP contribution in [0.4, 0.5) is 0 Å². The fraction of sp³-hybridized carbons (Fsp3) is 0.792. The average Bonchev–Trinajstić information content (AvgIpc) is 2.98. The first kappa shape index (κ1) is 20.5. The van der Waals surface area contributed by atoms with Gasteiger partial charge in [-0.25, -0.2) is 0 Å². The van der Waals surface area contributed by atoms with Crippen LogP contribution in [0.5, 0.6) is 0 Å². The van der Waals surface area contributed by atoms with Crippen molar-refractivity contribution in [3.63, 3.8) is 0 Å².